The van der Waals surface area contributed by atoms with Gasteiger partial charge in [0, 0.05) is 12.6 Å². The van der Waals surface area contributed by atoms with E-state index in [4.69, 9.17) is 5.11 Å². The molecule has 96 valence electrons. The van der Waals surface area contributed by atoms with Gasteiger partial charge in [-0.1, -0.05) is 13.8 Å². The molecule has 2 rings (SSSR count). The minimum atomic E-state index is -1.04. The number of amides is 2. The SMILES string of the molecule is CC1(C)CC(=O)N(c2cnn(CC(=O)O)c2)C1=O. The maximum absolute atomic E-state index is 12.0. The lowest BCUT2D eigenvalue weighted by Gasteiger charge is -2.15. The van der Waals surface area contributed by atoms with Gasteiger partial charge < -0.3 is 5.11 Å². The molecule has 0 aliphatic carbocycles. The highest BCUT2D eigenvalue weighted by Crippen LogP contribution is 2.34. The summed E-state index contributed by atoms with van der Waals surface area (Å²) < 4.78 is 1.17. The first kappa shape index (κ1) is 12.3. The molecule has 0 unspecified atom stereocenters. The van der Waals surface area contributed by atoms with Crippen molar-refractivity contribution < 1.29 is 19.5 Å². The number of aromatic nitrogens is 2. The Morgan fingerprint density at radius 1 is 1.50 bits per heavy atom. The van der Waals surface area contributed by atoms with E-state index < -0.39 is 11.4 Å². The van der Waals surface area contributed by atoms with Crippen molar-refractivity contribution in [3.8, 4) is 0 Å². The van der Waals surface area contributed by atoms with Crippen molar-refractivity contribution in [3.63, 3.8) is 0 Å². The Balaban J connectivity index is 2.27. The molecule has 1 saturated heterocycles. The number of carbonyl (C=O) groups excluding carboxylic acids is 2. The van der Waals surface area contributed by atoms with Crippen LogP contribution in [0.5, 0.6) is 0 Å². The Morgan fingerprint density at radius 3 is 2.67 bits per heavy atom. The minimum Gasteiger partial charge on any atom is -0.480 e. The van der Waals surface area contributed by atoms with Gasteiger partial charge >= 0.3 is 5.97 Å². The van der Waals surface area contributed by atoms with Crippen molar-refractivity contribution >= 4 is 23.5 Å². The monoisotopic (exact) mass is 251 g/mol. The van der Waals surface area contributed by atoms with E-state index in [0.29, 0.717) is 5.69 Å². The highest BCUT2D eigenvalue weighted by atomic mass is 16.4. The number of carboxylic acid groups (broad SMARTS) is 1. The smallest absolute Gasteiger partial charge is 0.325 e. The molecule has 1 aliphatic rings. The topological polar surface area (TPSA) is 92.5 Å². The summed E-state index contributed by atoms with van der Waals surface area (Å²) in [6, 6.07) is 0. The molecule has 7 heteroatoms. The van der Waals surface area contributed by atoms with E-state index in [1.165, 1.54) is 17.1 Å². The van der Waals surface area contributed by atoms with Crippen molar-refractivity contribution in [1.82, 2.24) is 9.78 Å². The fourth-order valence-electron chi connectivity index (χ4n) is 1.90. The molecule has 2 heterocycles. The zero-order chi connectivity index (χ0) is 13.5. The van der Waals surface area contributed by atoms with Crippen LogP contribution in [-0.4, -0.2) is 32.7 Å². The van der Waals surface area contributed by atoms with E-state index >= 15 is 0 Å². The Labute approximate surface area is 103 Å². The van der Waals surface area contributed by atoms with E-state index in [1.807, 2.05) is 0 Å². The van der Waals surface area contributed by atoms with Gasteiger partial charge in [-0.25, -0.2) is 4.90 Å². The third-order valence-electron chi connectivity index (χ3n) is 2.80. The molecule has 1 aromatic heterocycles. The quantitative estimate of drug-likeness (QED) is 0.778. The van der Waals surface area contributed by atoms with Crippen LogP contribution in [0.2, 0.25) is 0 Å². The van der Waals surface area contributed by atoms with Gasteiger partial charge in [0.05, 0.1) is 17.3 Å². The normalized spacial score (nSPS) is 18.4. The summed E-state index contributed by atoms with van der Waals surface area (Å²) >= 11 is 0. The average Bonchev–Trinajstić information content (AvgIpc) is 2.71. The van der Waals surface area contributed by atoms with Gasteiger partial charge in [-0.3, -0.25) is 19.1 Å². The number of aliphatic carboxylic acids is 1. The zero-order valence-corrected chi connectivity index (χ0v) is 10.1. The van der Waals surface area contributed by atoms with Crippen LogP contribution in [0, 0.1) is 5.41 Å². The molecule has 1 fully saturated rings. The van der Waals surface area contributed by atoms with Crippen LogP contribution >= 0.6 is 0 Å². The fourth-order valence-corrected chi connectivity index (χ4v) is 1.90. The Kier molecular flexibility index (Phi) is 2.68. The number of carboxylic acids is 1. The molecule has 0 radical (unpaired) electrons. The summed E-state index contributed by atoms with van der Waals surface area (Å²) in [5.74, 6) is -1.62. The molecule has 2 amide bonds. The third-order valence-corrected chi connectivity index (χ3v) is 2.80. The van der Waals surface area contributed by atoms with E-state index in [9.17, 15) is 14.4 Å². The Bertz CT molecular complexity index is 532. The molecule has 1 N–H and O–H groups in total. The van der Waals surface area contributed by atoms with Crippen LogP contribution in [0.25, 0.3) is 0 Å². The first-order valence-corrected chi connectivity index (χ1v) is 5.43. The number of hydrogen-bond acceptors (Lipinski definition) is 4. The van der Waals surface area contributed by atoms with E-state index in [2.05, 4.69) is 5.10 Å². The van der Waals surface area contributed by atoms with Gasteiger partial charge in [0.1, 0.15) is 6.54 Å². The van der Waals surface area contributed by atoms with E-state index in [1.54, 1.807) is 13.8 Å². The summed E-state index contributed by atoms with van der Waals surface area (Å²) in [6.45, 7) is 3.10. The number of carbonyl (C=O) groups is 3. The molecule has 1 aromatic rings. The molecule has 0 spiro atoms. The molecular weight excluding hydrogens is 238 g/mol. The van der Waals surface area contributed by atoms with Crippen LogP contribution < -0.4 is 4.90 Å². The van der Waals surface area contributed by atoms with Gasteiger partial charge in [0.25, 0.3) is 0 Å². The van der Waals surface area contributed by atoms with Gasteiger partial charge in [0.2, 0.25) is 11.8 Å². The predicted molar refractivity (Wildman–Crippen MR) is 60.8 cm³/mol. The lowest BCUT2D eigenvalue weighted by atomic mass is 9.92. The number of hydrogen-bond donors (Lipinski definition) is 1. The van der Waals surface area contributed by atoms with Gasteiger partial charge in [0.15, 0.2) is 0 Å². The standard InChI is InChI=1S/C11H13N3O4/c1-11(2)3-8(15)14(10(11)18)7-4-12-13(5-7)6-9(16)17/h4-5H,3,6H2,1-2H3,(H,16,17). The minimum absolute atomic E-state index is 0.149. The Hall–Kier alpha value is -2.18. The second-order valence-electron chi connectivity index (χ2n) is 4.88. The van der Waals surface area contributed by atoms with E-state index in [0.717, 1.165) is 4.90 Å². The number of rotatable bonds is 3. The van der Waals surface area contributed by atoms with Crippen LogP contribution in [-0.2, 0) is 20.9 Å². The first-order valence-electron chi connectivity index (χ1n) is 5.43. The van der Waals surface area contributed by atoms with Crippen molar-refractivity contribution in [2.75, 3.05) is 4.90 Å². The van der Waals surface area contributed by atoms with Crippen molar-refractivity contribution in [1.29, 1.82) is 0 Å². The number of imide groups is 1. The summed E-state index contributed by atoms with van der Waals surface area (Å²) in [5.41, 5.74) is -0.400. The van der Waals surface area contributed by atoms with Crippen molar-refractivity contribution in [3.05, 3.63) is 12.4 Å². The van der Waals surface area contributed by atoms with Crippen LogP contribution in [0.3, 0.4) is 0 Å². The highest BCUT2D eigenvalue weighted by Gasteiger charge is 2.45. The van der Waals surface area contributed by atoms with Gasteiger partial charge in [-0.2, -0.15) is 5.10 Å². The second-order valence-corrected chi connectivity index (χ2v) is 4.88. The molecule has 0 saturated carbocycles. The average molecular weight is 251 g/mol. The Morgan fingerprint density at radius 2 is 2.17 bits per heavy atom. The molecule has 18 heavy (non-hydrogen) atoms. The molecule has 0 aromatic carbocycles. The first-order chi connectivity index (χ1) is 8.31. The molecule has 0 bridgehead atoms. The van der Waals surface area contributed by atoms with Crippen molar-refractivity contribution in [2.45, 2.75) is 26.8 Å². The lowest BCUT2D eigenvalue weighted by molar-refractivity contribution is -0.138. The van der Waals surface area contributed by atoms with E-state index in [-0.39, 0.29) is 24.8 Å². The zero-order valence-electron chi connectivity index (χ0n) is 10.1. The van der Waals surface area contributed by atoms with Crippen molar-refractivity contribution in [2.24, 2.45) is 5.41 Å². The van der Waals surface area contributed by atoms with Gasteiger partial charge in [-0.05, 0) is 0 Å². The number of nitrogens with zero attached hydrogens (tertiary/aromatic N) is 3. The highest BCUT2D eigenvalue weighted by molar-refractivity contribution is 6.22. The molecule has 7 nitrogen and oxygen atoms in total. The summed E-state index contributed by atoms with van der Waals surface area (Å²) in [6.07, 6.45) is 2.85. The summed E-state index contributed by atoms with van der Waals surface area (Å²) in [4.78, 5) is 35.4. The maximum atomic E-state index is 12.0. The molecular formula is C11H13N3O4. The van der Waals surface area contributed by atoms with Crippen LogP contribution in [0.15, 0.2) is 12.4 Å². The third kappa shape index (κ3) is 1.99. The molecule has 0 atom stereocenters. The van der Waals surface area contributed by atoms with Gasteiger partial charge in [-0.15, -0.1) is 0 Å². The lowest BCUT2D eigenvalue weighted by Crippen LogP contribution is -2.32. The van der Waals surface area contributed by atoms with Crippen LogP contribution in [0.4, 0.5) is 5.69 Å². The summed E-state index contributed by atoms with van der Waals surface area (Å²) in [7, 11) is 0. The second kappa shape index (κ2) is 3.94. The van der Waals surface area contributed by atoms with Crippen LogP contribution in [0.1, 0.15) is 20.3 Å². The largest absolute Gasteiger partial charge is 0.480 e. The predicted octanol–water partition coefficient (Wildman–Crippen LogP) is 0.257. The summed E-state index contributed by atoms with van der Waals surface area (Å²) in [5, 5.41) is 12.4. The number of anilines is 1. The fraction of sp³-hybridized carbons (Fsp3) is 0.455. The maximum Gasteiger partial charge on any atom is 0.325 e. The molecule has 1 aliphatic heterocycles.